The quantitative estimate of drug-likeness (QED) is 0.512. The Labute approximate surface area is 152 Å². The van der Waals surface area contributed by atoms with Gasteiger partial charge in [-0.15, -0.1) is 11.3 Å². The van der Waals surface area contributed by atoms with E-state index in [1.54, 1.807) is 11.3 Å². The number of carbonyl (C=O) groups excluding carboxylic acids is 1. The van der Waals surface area contributed by atoms with E-state index in [1.165, 1.54) is 5.56 Å². The summed E-state index contributed by atoms with van der Waals surface area (Å²) >= 11 is 12.5. The van der Waals surface area contributed by atoms with Gasteiger partial charge >= 0.3 is 0 Å². The molecule has 1 aliphatic rings. The SMILES string of the molecule is CC1(C)C(=O)Nc2ccc(C(Br)c3cc(Br)sc3Br)cc21. The number of rotatable bonds is 2. The van der Waals surface area contributed by atoms with E-state index >= 15 is 0 Å². The topological polar surface area (TPSA) is 29.1 Å². The highest BCUT2D eigenvalue weighted by Gasteiger charge is 2.38. The maximum Gasteiger partial charge on any atom is 0.234 e. The van der Waals surface area contributed by atoms with Crippen molar-refractivity contribution >= 4 is 70.7 Å². The normalized spacial score (nSPS) is 17.5. The molecule has 2 nitrogen and oxygen atoms in total. The molecule has 2 heterocycles. The van der Waals surface area contributed by atoms with Crippen LogP contribution in [0.2, 0.25) is 0 Å². The molecular formula is C15H12Br3NOS. The number of nitrogens with one attached hydrogen (secondary N) is 1. The van der Waals surface area contributed by atoms with Gasteiger partial charge in [-0.25, -0.2) is 0 Å². The van der Waals surface area contributed by atoms with E-state index in [0.29, 0.717) is 0 Å². The van der Waals surface area contributed by atoms with Crippen molar-refractivity contribution in [1.82, 2.24) is 0 Å². The maximum absolute atomic E-state index is 12.0. The molecule has 0 spiro atoms. The first-order valence-corrected chi connectivity index (χ1v) is 9.67. The molecule has 0 radical (unpaired) electrons. The number of fused-ring (bicyclic) bond motifs is 1. The molecule has 2 aromatic rings. The van der Waals surface area contributed by atoms with Gasteiger partial charge in [0.1, 0.15) is 0 Å². The second kappa shape index (κ2) is 5.48. The highest BCUT2D eigenvalue weighted by molar-refractivity contribution is 9.12. The standard InChI is InChI=1S/C15H12Br3NOS/c1-15(2)9-5-7(3-4-10(9)19-14(15)20)12(17)8-6-11(16)21-13(8)18/h3-6,12H,1-2H3,(H,19,20). The summed E-state index contributed by atoms with van der Waals surface area (Å²) in [6, 6.07) is 8.26. The molecular weight excluding hydrogens is 482 g/mol. The van der Waals surface area contributed by atoms with Gasteiger partial charge in [0.25, 0.3) is 0 Å². The second-order valence-electron chi connectivity index (χ2n) is 5.53. The molecule has 1 N–H and O–H groups in total. The van der Waals surface area contributed by atoms with Crippen molar-refractivity contribution in [1.29, 1.82) is 0 Å². The highest BCUT2D eigenvalue weighted by atomic mass is 79.9. The van der Waals surface area contributed by atoms with Crippen LogP contribution >= 0.6 is 59.1 Å². The fraction of sp³-hybridized carbons (Fsp3) is 0.267. The third-order valence-corrected chi connectivity index (χ3v) is 7.19. The van der Waals surface area contributed by atoms with Crippen LogP contribution in [0.3, 0.4) is 0 Å². The molecule has 1 aromatic carbocycles. The van der Waals surface area contributed by atoms with Crippen LogP contribution in [0.25, 0.3) is 0 Å². The number of alkyl halides is 1. The van der Waals surface area contributed by atoms with Crippen molar-refractivity contribution < 1.29 is 4.79 Å². The molecule has 1 unspecified atom stereocenters. The predicted octanol–water partition coefficient (Wildman–Crippen LogP) is 5.99. The lowest BCUT2D eigenvalue weighted by Crippen LogP contribution is -2.26. The molecule has 1 aliphatic heterocycles. The zero-order valence-corrected chi connectivity index (χ0v) is 16.9. The number of amides is 1. The third-order valence-electron chi connectivity index (χ3n) is 3.78. The van der Waals surface area contributed by atoms with Crippen molar-refractivity contribution in [3.05, 3.63) is 48.5 Å². The molecule has 6 heteroatoms. The predicted molar refractivity (Wildman–Crippen MR) is 98.6 cm³/mol. The Morgan fingerprint density at radius 2 is 1.95 bits per heavy atom. The molecule has 1 atom stereocenters. The van der Waals surface area contributed by atoms with Gasteiger partial charge in [-0.05, 0) is 74.5 Å². The molecule has 110 valence electrons. The van der Waals surface area contributed by atoms with Crippen molar-refractivity contribution in [2.75, 3.05) is 5.32 Å². The van der Waals surface area contributed by atoms with Crippen LogP contribution in [0.15, 0.2) is 31.8 Å². The third kappa shape index (κ3) is 2.64. The van der Waals surface area contributed by atoms with E-state index in [4.69, 9.17) is 0 Å². The molecule has 3 rings (SSSR count). The molecule has 21 heavy (non-hydrogen) atoms. The van der Waals surface area contributed by atoms with E-state index in [-0.39, 0.29) is 10.7 Å². The molecule has 1 aromatic heterocycles. The van der Waals surface area contributed by atoms with Crippen LogP contribution in [-0.4, -0.2) is 5.91 Å². The number of anilines is 1. The monoisotopic (exact) mass is 491 g/mol. The maximum atomic E-state index is 12.0. The van der Waals surface area contributed by atoms with Crippen LogP contribution in [0.1, 0.15) is 35.4 Å². The zero-order valence-electron chi connectivity index (χ0n) is 11.3. The fourth-order valence-corrected chi connectivity index (χ4v) is 6.46. The van der Waals surface area contributed by atoms with Crippen molar-refractivity contribution in [2.45, 2.75) is 24.1 Å². The van der Waals surface area contributed by atoms with Crippen LogP contribution in [0.4, 0.5) is 5.69 Å². The molecule has 0 fully saturated rings. The van der Waals surface area contributed by atoms with Crippen molar-refractivity contribution in [2.24, 2.45) is 0 Å². The Morgan fingerprint density at radius 3 is 2.57 bits per heavy atom. The minimum Gasteiger partial charge on any atom is -0.325 e. The lowest BCUT2D eigenvalue weighted by atomic mass is 9.85. The number of thiophene rings is 1. The molecule has 0 saturated heterocycles. The average Bonchev–Trinajstić information content (AvgIpc) is 2.87. The van der Waals surface area contributed by atoms with E-state index in [9.17, 15) is 4.79 Å². The van der Waals surface area contributed by atoms with Crippen molar-refractivity contribution in [3.63, 3.8) is 0 Å². The van der Waals surface area contributed by atoms with Gasteiger partial charge in [-0.1, -0.05) is 28.1 Å². The summed E-state index contributed by atoms with van der Waals surface area (Å²) in [7, 11) is 0. The number of benzene rings is 1. The lowest BCUT2D eigenvalue weighted by Gasteiger charge is -2.17. The van der Waals surface area contributed by atoms with Gasteiger partial charge in [0.05, 0.1) is 17.8 Å². The second-order valence-corrected chi connectivity index (χ2v) is 10.2. The van der Waals surface area contributed by atoms with E-state index in [2.05, 4.69) is 71.3 Å². The van der Waals surface area contributed by atoms with E-state index in [1.807, 2.05) is 19.9 Å². The summed E-state index contributed by atoms with van der Waals surface area (Å²) in [6.07, 6.45) is 0. The number of carbonyl (C=O) groups is 1. The van der Waals surface area contributed by atoms with Gasteiger partial charge in [-0.2, -0.15) is 0 Å². The van der Waals surface area contributed by atoms with E-state index < -0.39 is 5.41 Å². The average molecular weight is 494 g/mol. The first-order chi connectivity index (χ1) is 9.80. The van der Waals surface area contributed by atoms with Crippen molar-refractivity contribution in [3.8, 4) is 0 Å². The summed E-state index contributed by atoms with van der Waals surface area (Å²) in [6.45, 7) is 3.91. The Kier molecular flexibility index (Phi) is 4.10. The first-order valence-electron chi connectivity index (χ1n) is 6.35. The van der Waals surface area contributed by atoms with Gasteiger partial charge < -0.3 is 5.32 Å². The fourth-order valence-electron chi connectivity index (χ4n) is 2.45. The smallest absolute Gasteiger partial charge is 0.234 e. The Bertz CT molecular complexity index is 739. The van der Waals surface area contributed by atoms with Crippen LogP contribution in [0.5, 0.6) is 0 Å². The van der Waals surface area contributed by atoms with Gasteiger partial charge in [0.2, 0.25) is 5.91 Å². The largest absolute Gasteiger partial charge is 0.325 e. The minimum atomic E-state index is -0.482. The summed E-state index contributed by atoms with van der Waals surface area (Å²) in [5.41, 5.74) is 3.81. The molecule has 0 saturated carbocycles. The first kappa shape index (κ1) is 15.7. The molecule has 1 amide bonds. The Balaban J connectivity index is 2.04. The van der Waals surface area contributed by atoms with Gasteiger partial charge in [0, 0.05) is 5.69 Å². The van der Waals surface area contributed by atoms with E-state index in [0.717, 1.165) is 24.4 Å². The molecule has 0 aliphatic carbocycles. The number of hydrogen-bond donors (Lipinski definition) is 1. The number of hydrogen-bond acceptors (Lipinski definition) is 2. The van der Waals surface area contributed by atoms with Crippen LogP contribution < -0.4 is 5.32 Å². The number of halogens is 3. The Morgan fingerprint density at radius 1 is 1.24 bits per heavy atom. The molecule has 0 bridgehead atoms. The van der Waals surface area contributed by atoms with Crippen LogP contribution in [0, 0.1) is 0 Å². The Hall–Kier alpha value is -0.170. The minimum absolute atomic E-state index is 0.0558. The summed E-state index contributed by atoms with van der Waals surface area (Å²) in [5, 5.41) is 2.94. The summed E-state index contributed by atoms with van der Waals surface area (Å²) < 4.78 is 2.19. The van der Waals surface area contributed by atoms with Gasteiger partial charge in [-0.3, -0.25) is 4.79 Å². The summed E-state index contributed by atoms with van der Waals surface area (Å²) in [5.74, 6) is 0.0558. The van der Waals surface area contributed by atoms with Crippen LogP contribution in [-0.2, 0) is 10.2 Å². The zero-order chi connectivity index (χ0) is 15.4. The highest BCUT2D eigenvalue weighted by Crippen LogP contribution is 2.44. The lowest BCUT2D eigenvalue weighted by molar-refractivity contribution is -0.119. The van der Waals surface area contributed by atoms with Gasteiger partial charge in [0.15, 0.2) is 0 Å². The summed E-state index contributed by atoms with van der Waals surface area (Å²) in [4.78, 5) is 12.1.